The summed E-state index contributed by atoms with van der Waals surface area (Å²) in [5, 5.41) is 2.65. The molecule has 0 aliphatic heterocycles. The fourth-order valence-electron chi connectivity index (χ4n) is 0.275. The molecule has 0 aliphatic rings. The van der Waals surface area contributed by atoms with Crippen molar-refractivity contribution >= 4 is 12.4 Å². The summed E-state index contributed by atoms with van der Waals surface area (Å²) in [5.74, 6) is 0. The van der Waals surface area contributed by atoms with Crippen molar-refractivity contribution in [2.45, 2.75) is 0 Å². The summed E-state index contributed by atoms with van der Waals surface area (Å²) in [4.78, 5) is 3.70. The van der Waals surface area contributed by atoms with Crippen LogP contribution in [0.3, 0.4) is 0 Å². The maximum absolute atomic E-state index is 4.63. The van der Waals surface area contributed by atoms with Crippen LogP contribution in [0.15, 0.2) is 18.7 Å². The van der Waals surface area contributed by atoms with E-state index in [1.807, 2.05) is 0 Å². The van der Waals surface area contributed by atoms with Gasteiger partial charge < -0.3 is 0 Å². The molecule has 0 radical (unpaired) electrons. The molecule has 1 heterocycles. The van der Waals surface area contributed by atoms with Gasteiger partial charge >= 0.3 is 12.4 Å². The number of aromatic nitrogens is 3. The van der Waals surface area contributed by atoms with Gasteiger partial charge in [0, 0.05) is 0 Å². The predicted octanol–water partition coefficient (Wildman–Crippen LogP) is -0.0611. The van der Waals surface area contributed by atoms with Crippen molar-refractivity contribution in [3.63, 3.8) is 0 Å². The van der Waals surface area contributed by atoms with Crippen molar-refractivity contribution in [1.29, 1.82) is 0 Å². The third-order valence-corrected chi connectivity index (χ3v) is 0.775. The van der Waals surface area contributed by atoms with E-state index < -0.39 is 0 Å². The molecule has 3 nitrogen and oxygen atoms in total. The molecule has 0 bridgehead atoms. The molecule has 1 aromatic rings. The Bertz CT molecular complexity index is 176. The molecule has 1 aromatic heterocycles. The smallest absolute Gasteiger partial charge is 0.235 e. The molecule has 0 spiro atoms. The minimum Gasteiger partial charge on any atom is -0.235 e. The summed E-state index contributed by atoms with van der Waals surface area (Å²) in [6, 6.07) is 0. The predicted molar refractivity (Wildman–Crippen MR) is 26.2 cm³/mol. The van der Waals surface area contributed by atoms with E-state index in [1.54, 1.807) is 12.4 Å². The van der Waals surface area contributed by atoms with Crippen LogP contribution in [0.25, 0.3) is 0 Å². The summed E-state index contributed by atoms with van der Waals surface area (Å²) < 4.78 is 1.40. The summed E-state index contributed by atoms with van der Waals surface area (Å²) >= 11 is 4.63. The van der Waals surface area contributed by atoms with Crippen molar-refractivity contribution < 1.29 is 3.73 Å². The van der Waals surface area contributed by atoms with Gasteiger partial charge in [-0.05, 0) is 3.73 Å². The van der Waals surface area contributed by atoms with Gasteiger partial charge in [0.2, 0.25) is 6.20 Å². The summed E-state index contributed by atoms with van der Waals surface area (Å²) in [7, 11) is 0. The molecule has 0 atom stereocenters. The van der Waals surface area contributed by atoms with Gasteiger partial charge in [0.15, 0.2) is 0 Å². The third-order valence-electron chi connectivity index (χ3n) is 0.548. The first-order chi connectivity index (χ1) is 3.39. The first kappa shape index (κ1) is 4.39. The van der Waals surface area contributed by atoms with Gasteiger partial charge in [0.25, 0.3) is 0 Å². The molecule has 1 rings (SSSR count). The zero-order valence-electron chi connectivity index (χ0n) is 3.53. The monoisotopic (exact) mass is 114 g/mol. The minimum atomic E-state index is 1.40. The second kappa shape index (κ2) is 1.79. The highest BCUT2D eigenvalue weighted by Crippen LogP contribution is 1.56. The van der Waals surface area contributed by atoms with Crippen LogP contribution in [-0.4, -0.2) is 10.1 Å². The van der Waals surface area contributed by atoms with Crippen molar-refractivity contribution in [3.8, 4) is 0 Å². The quantitative estimate of drug-likeness (QED) is 0.479. The van der Waals surface area contributed by atoms with Crippen molar-refractivity contribution in [2.75, 3.05) is 0 Å². The molecule has 36 valence electrons. The van der Waals surface area contributed by atoms with Gasteiger partial charge in [-0.15, -0.1) is 5.10 Å². The SMILES string of the molecule is S=[n+]1ccnc[nH]1. The Morgan fingerprint density at radius 2 is 2.57 bits per heavy atom. The van der Waals surface area contributed by atoms with Crippen LogP contribution in [0.5, 0.6) is 0 Å². The van der Waals surface area contributed by atoms with E-state index in [0.717, 1.165) is 0 Å². The molecular weight excluding hydrogens is 110 g/mol. The number of aromatic amines is 1. The summed E-state index contributed by atoms with van der Waals surface area (Å²) in [6.45, 7) is 0. The molecule has 7 heavy (non-hydrogen) atoms. The standard InChI is InChI=1S/C3H4N3S/c7-6-2-1-4-3-5-6/h1-3H,(H,4,5,7)/q+1. The number of nitrogens with one attached hydrogen (secondary N) is 1. The van der Waals surface area contributed by atoms with Crippen molar-refractivity contribution in [1.82, 2.24) is 10.1 Å². The van der Waals surface area contributed by atoms with E-state index in [-0.39, 0.29) is 0 Å². The number of H-pyrrole nitrogens is 1. The van der Waals surface area contributed by atoms with Crippen LogP contribution in [-0.2, 0) is 0 Å². The zero-order chi connectivity index (χ0) is 5.11. The van der Waals surface area contributed by atoms with E-state index in [2.05, 4.69) is 22.5 Å². The second-order valence-corrected chi connectivity index (χ2v) is 1.42. The fourth-order valence-corrected chi connectivity index (χ4v) is 0.377. The van der Waals surface area contributed by atoms with Gasteiger partial charge in [0.05, 0.1) is 6.20 Å². The molecule has 0 unspecified atom stereocenters. The Labute approximate surface area is 45.8 Å². The molecule has 0 aromatic carbocycles. The Balaban J connectivity index is 3.28. The second-order valence-electron chi connectivity index (χ2n) is 1.03. The minimum absolute atomic E-state index is 1.40. The maximum atomic E-state index is 4.63. The van der Waals surface area contributed by atoms with Crippen LogP contribution in [0, 0.1) is 0 Å². The van der Waals surface area contributed by atoms with Crippen molar-refractivity contribution in [2.24, 2.45) is 0 Å². The highest BCUT2D eigenvalue weighted by atomic mass is 32.1. The average molecular weight is 114 g/mol. The lowest BCUT2D eigenvalue weighted by atomic mass is 10.9. The fraction of sp³-hybridized carbons (Fsp3) is 0. The van der Waals surface area contributed by atoms with E-state index in [0.29, 0.717) is 0 Å². The van der Waals surface area contributed by atoms with Crippen LogP contribution in [0.2, 0.25) is 0 Å². The van der Waals surface area contributed by atoms with Crippen LogP contribution in [0.4, 0.5) is 0 Å². The van der Waals surface area contributed by atoms with E-state index in [1.165, 1.54) is 10.1 Å². The molecular formula is C3H4N3S+. The normalized spacial score (nSPS) is 8.57. The van der Waals surface area contributed by atoms with E-state index in [9.17, 15) is 0 Å². The van der Waals surface area contributed by atoms with Gasteiger partial charge in [-0.1, -0.05) is 0 Å². The van der Waals surface area contributed by atoms with Crippen LogP contribution in [0.1, 0.15) is 0 Å². The van der Waals surface area contributed by atoms with E-state index in [4.69, 9.17) is 0 Å². The number of rotatable bonds is 0. The first-order valence-corrected chi connectivity index (χ1v) is 2.17. The summed E-state index contributed by atoms with van der Waals surface area (Å²) in [6.07, 6.45) is 4.78. The molecule has 0 fully saturated rings. The van der Waals surface area contributed by atoms with Crippen LogP contribution < -0.4 is 3.73 Å². The van der Waals surface area contributed by atoms with Gasteiger partial charge in [-0.3, -0.25) is 0 Å². The Hall–Kier alpha value is -0.770. The highest BCUT2D eigenvalue weighted by molar-refractivity contribution is 7.66. The lowest BCUT2D eigenvalue weighted by Crippen LogP contribution is -2.14. The lowest BCUT2D eigenvalue weighted by Gasteiger charge is -1.67. The topological polar surface area (TPSA) is 34.6 Å². The van der Waals surface area contributed by atoms with Gasteiger partial charge in [-0.2, -0.15) is 0 Å². The largest absolute Gasteiger partial charge is 0.304 e. The maximum Gasteiger partial charge on any atom is 0.304 e. The zero-order valence-corrected chi connectivity index (χ0v) is 4.35. The Morgan fingerprint density at radius 3 is 2.86 bits per heavy atom. The molecule has 1 N–H and O–H groups in total. The molecule has 4 heteroatoms. The lowest BCUT2D eigenvalue weighted by molar-refractivity contribution is -0.509. The number of hydrogen-bond donors (Lipinski definition) is 1. The first-order valence-electron chi connectivity index (χ1n) is 1.80. The Kier molecular flexibility index (Phi) is 1.12. The average Bonchev–Trinajstić information content (AvgIpc) is 1.69. The number of hydrogen-bond acceptors (Lipinski definition) is 2. The summed E-state index contributed by atoms with van der Waals surface area (Å²) in [5.41, 5.74) is 0. The third kappa shape index (κ3) is 1.04. The highest BCUT2D eigenvalue weighted by Gasteiger charge is 1.74. The molecule has 0 aliphatic carbocycles. The van der Waals surface area contributed by atoms with Crippen molar-refractivity contribution in [3.05, 3.63) is 18.7 Å². The molecule has 0 saturated carbocycles. The van der Waals surface area contributed by atoms with Crippen LogP contribution >= 0.6 is 12.4 Å². The molecule has 0 saturated heterocycles. The van der Waals surface area contributed by atoms with Gasteiger partial charge in [0.1, 0.15) is 6.33 Å². The number of nitrogens with zero attached hydrogens (tertiary/aromatic N) is 2. The van der Waals surface area contributed by atoms with E-state index >= 15 is 0 Å². The molecule has 0 amide bonds. The Morgan fingerprint density at radius 1 is 1.71 bits per heavy atom. The van der Waals surface area contributed by atoms with Gasteiger partial charge in [-0.25, -0.2) is 4.98 Å².